The van der Waals surface area contributed by atoms with Crippen LogP contribution in [0.5, 0.6) is 23.0 Å². The van der Waals surface area contributed by atoms with E-state index in [-0.39, 0.29) is 52.4 Å². The predicted octanol–water partition coefficient (Wildman–Crippen LogP) is 3.60. The smallest absolute Gasteiger partial charge is 0.339 e. The number of rotatable bonds is 9. The number of benzene rings is 3. The molecule has 1 fully saturated rings. The molecule has 0 aromatic heterocycles. The largest absolute Gasteiger partial charge is 0.497 e. The summed E-state index contributed by atoms with van der Waals surface area (Å²) in [4.78, 5) is 27.3. The maximum absolute atomic E-state index is 13.3. The fourth-order valence-electron chi connectivity index (χ4n) is 4.24. The zero-order chi connectivity index (χ0) is 29.0. The number of amides is 2. The Bertz CT molecular complexity index is 1560. The molecule has 0 spiro atoms. The highest BCUT2D eigenvalue weighted by molar-refractivity contribution is 7.87. The highest BCUT2D eigenvalue weighted by Crippen LogP contribution is 2.42. The van der Waals surface area contributed by atoms with Gasteiger partial charge in [0.15, 0.2) is 17.2 Å². The standard InChI is InChI=1S/C29H30N2O8S/c1-18-6-12-23(13-7-18)40(34,35)39-27-19(2)28(38-5)25(37-4)15-21(27)14-24-29(33)30-16-26(32)31(24)17-20-8-10-22(36-3)11-9-20/h6-15H,16-17H2,1-5H3,(H,30,33)/b24-14+. The Balaban J connectivity index is 1.84. The number of aryl methyl sites for hydroxylation is 1. The summed E-state index contributed by atoms with van der Waals surface area (Å²) in [7, 11) is 0.139. The van der Waals surface area contributed by atoms with Crippen molar-refractivity contribution in [1.29, 1.82) is 0 Å². The van der Waals surface area contributed by atoms with Crippen molar-refractivity contribution in [2.45, 2.75) is 25.3 Å². The van der Waals surface area contributed by atoms with Crippen LogP contribution in [-0.4, -0.2) is 53.0 Å². The first kappa shape index (κ1) is 28.5. The molecule has 0 unspecified atom stereocenters. The minimum absolute atomic E-state index is 0.0104. The average molecular weight is 567 g/mol. The minimum Gasteiger partial charge on any atom is -0.497 e. The summed E-state index contributed by atoms with van der Waals surface area (Å²) in [6.45, 7) is 3.38. The van der Waals surface area contributed by atoms with Gasteiger partial charge in [-0.1, -0.05) is 29.8 Å². The minimum atomic E-state index is -4.27. The van der Waals surface area contributed by atoms with E-state index in [4.69, 9.17) is 18.4 Å². The molecule has 210 valence electrons. The number of carbonyl (C=O) groups is 2. The van der Waals surface area contributed by atoms with Gasteiger partial charge in [-0.2, -0.15) is 8.42 Å². The molecule has 4 rings (SSSR count). The summed E-state index contributed by atoms with van der Waals surface area (Å²) in [6.07, 6.45) is 1.41. The molecule has 0 aliphatic carbocycles. The van der Waals surface area contributed by atoms with Crippen molar-refractivity contribution >= 4 is 28.0 Å². The van der Waals surface area contributed by atoms with Crippen LogP contribution in [0.4, 0.5) is 0 Å². The zero-order valence-electron chi connectivity index (χ0n) is 22.8. The number of nitrogens with one attached hydrogen (secondary N) is 1. The number of piperazine rings is 1. The van der Waals surface area contributed by atoms with Crippen molar-refractivity contribution in [2.24, 2.45) is 0 Å². The topological polar surface area (TPSA) is 120 Å². The number of hydrogen-bond acceptors (Lipinski definition) is 8. The Hall–Kier alpha value is -4.51. The van der Waals surface area contributed by atoms with Gasteiger partial charge in [-0.3, -0.25) is 9.59 Å². The number of hydrogen-bond donors (Lipinski definition) is 1. The number of nitrogens with zero attached hydrogens (tertiary/aromatic N) is 1. The van der Waals surface area contributed by atoms with E-state index in [1.54, 1.807) is 50.4 Å². The maximum atomic E-state index is 13.3. The lowest BCUT2D eigenvalue weighted by Gasteiger charge is -2.29. The van der Waals surface area contributed by atoms with E-state index in [0.29, 0.717) is 11.3 Å². The molecule has 40 heavy (non-hydrogen) atoms. The summed E-state index contributed by atoms with van der Waals surface area (Å²) >= 11 is 0. The third kappa shape index (κ3) is 5.89. The molecular formula is C29H30N2O8S. The van der Waals surface area contributed by atoms with Crippen LogP contribution in [0.3, 0.4) is 0 Å². The number of methoxy groups -OCH3 is 3. The molecular weight excluding hydrogens is 536 g/mol. The van der Waals surface area contributed by atoms with Crippen molar-refractivity contribution < 1.29 is 36.4 Å². The third-order valence-electron chi connectivity index (χ3n) is 6.40. The Morgan fingerprint density at radius 1 is 0.900 bits per heavy atom. The van der Waals surface area contributed by atoms with Gasteiger partial charge in [0.2, 0.25) is 5.91 Å². The fraction of sp³-hybridized carbons (Fsp3) is 0.241. The second-order valence-electron chi connectivity index (χ2n) is 9.05. The van der Waals surface area contributed by atoms with Crippen LogP contribution in [0.2, 0.25) is 0 Å². The maximum Gasteiger partial charge on any atom is 0.339 e. The van der Waals surface area contributed by atoms with Crippen LogP contribution in [0, 0.1) is 13.8 Å². The van der Waals surface area contributed by atoms with Crippen LogP contribution in [0.1, 0.15) is 22.3 Å². The van der Waals surface area contributed by atoms with Gasteiger partial charge in [0.1, 0.15) is 16.3 Å². The Labute approximate surface area is 233 Å². The molecule has 1 heterocycles. The quantitative estimate of drug-likeness (QED) is 0.308. The Morgan fingerprint density at radius 2 is 1.57 bits per heavy atom. The van der Waals surface area contributed by atoms with E-state index in [1.165, 1.54) is 43.4 Å². The normalized spacial score (nSPS) is 14.6. The van der Waals surface area contributed by atoms with E-state index in [9.17, 15) is 18.0 Å². The summed E-state index contributed by atoms with van der Waals surface area (Å²) in [5, 5.41) is 2.57. The van der Waals surface area contributed by atoms with Crippen molar-refractivity contribution in [3.8, 4) is 23.0 Å². The molecule has 1 aliphatic heterocycles. The first-order valence-electron chi connectivity index (χ1n) is 12.3. The highest BCUT2D eigenvalue weighted by Gasteiger charge is 2.31. The van der Waals surface area contributed by atoms with Crippen LogP contribution in [-0.2, 0) is 26.3 Å². The lowest BCUT2D eigenvalue weighted by Crippen LogP contribution is -2.49. The van der Waals surface area contributed by atoms with Crippen molar-refractivity contribution in [1.82, 2.24) is 10.2 Å². The van der Waals surface area contributed by atoms with E-state index in [0.717, 1.165) is 11.1 Å². The van der Waals surface area contributed by atoms with Gasteiger partial charge in [0.05, 0.1) is 34.4 Å². The van der Waals surface area contributed by atoms with Gasteiger partial charge in [0, 0.05) is 11.1 Å². The monoisotopic (exact) mass is 566 g/mol. The Kier molecular flexibility index (Phi) is 8.34. The van der Waals surface area contributed by atoms with E-state index in [1.807, 2.05) is 6.92 Å². The molecule has 0 bridgehead atoms. The molecule has 1 saturated heterocycles. The van der Waals surface area contributed by atoms with Crippen LogP contribution in [0.15, 0.2) is 65.2 Å². The molecule has 11 heteroatoms. The predicted molar refractivity (Wildman–Crippen MR) is 148 cm³/mol. The molecule has 1 aliphatic rings. The van der Waals surface area contributed by atoms with Gasteiger partial charge < -0.3 is 28.6 Å². The molecule has 3 aromatic carbocycles. The number of carbonyl (C=O) groups excluding carboxylic acids is 2. The van der Waals surface area contributed by atoms with Crippen LogP contribution in [0.25, 0.3) is 6.08 Å². The third-order valence-corrected chi connectivity index (χ3v) is 7.63. The molecule has 2 amide bonds. The van der Waals surface area contributed by atoms with Gasteiger partial charge in [-0.15, -0.1) is 0 Å². The number of ether oxygens (including phenoxy) is 3. The summed E-state index contributed by atoms with van der Waals surface area (Å²) in [5.41, 5.74) is 2.18. The van der Waals surface area contributed by atoms with Gasteiger partial charge in [0.25, 0.3) is 5.91 Å². The molecule has 0 radical (unpaired) electrons. The van der Waals surface area contributed by atoms with E-state index < -0.39 is 16.0 Å². The van der Waals surface area contributed by atoms with Crippen LogP contribution >= 0.6 is 0 Å². The molecule has 0 atom stereocenters. The molecule has 3 aromatic rings. The second kappa shape index (κ2) is 11.7. The average Bonchev–Trinajstić information content (AvgIpc) is 2.94. The first-order chi connectivity index (χ1) is 19.1. The molecule has 0 saturated carbocycles. The van der Waals surface area contributed by atoms with Crippen LogP contribution < -0.4 is 23.7 Å². The van der Waals surface area contributed by atoms with E-state index in [2.05, 4.69) is 5.32 Å². The first-order valence-corrected chi connectivity index (χ1v) is 13.7. The fourth-order valence-corrected chi connectivity index (χ4v) is 5.25. The zero-order valence-corrected chi connectivity index (χ0v) is 23.6. The lowest BCUT2D eigenvalue weighted by molar-refractivity contribution is -0.136. The summed E-state index contributed by atoms with van der Waals surface area (Å²) < 4.78 is 48.3. The summed E-state index contributed by atoms with van der Waals surface area (Å²) in [5.74, 6) is 0.288. The van der Waals surface area contributed by atoms with Crippen molar-refractivity contribution in [3.63, 3.8) is 0 Å². The molecule has 10 nitrogen and oxygen atoms in total. The second-order valence-corrected chi connectivity index (χ2v) is 10.6. The summed E-state index contributed by atoms with van der Waals surface area (Å²) in [6, 6.07) is 14.8. The van der Waals surface area contributed by atoms with E-state index >= 15 is 0 Å². The SMILES string of the molecule is COc1ccc(CN2C(=O)CNC(=O)/C2=C\c2cc(OC)c(OC)c(C)c2OS(=O)(=O)c2ccc(C)cc2)cc1. The van der Waals surface area contributed by atoms with Gasteiger partial charge >= 0.3 is 10.1 Å². The molecule has 1 N–H and O–H groups in total. The van der Waals surface area contributed by atoms with Crippen molar-refractivity contribution in [2.75, 3.05) is 27.9 Å². The van der Waals surface area contributed by atoms with Gasteiger partial charge in [-0.05, 0) is 55.8 Å². The van der Waals surface area contributed by atoms with Crippen molar-refractivity contribution in [3.05, 3.63) is 82.5 Å². The lowest BCUT2D eigenvalue weighted by atomic mass is 10.0. The van der Waals surface area contributed by atoms with Gasteiger partial charge in [-0.25, -0.2) is 0 Å². The highest BCUT2D eigenvalue weighted by atomic mass is 32.2. The Morgan fingerprint density at radius 3 is 2.17 bits per heavy atom.